The van der Waals surface area contributed by atoms with E-state index in [1.807, 2.05) is 17.0 Å². The van der Waals surface area contributed by atoms with Gasteiger partial charge in [0.15, 0.2) is 5.82 Å². The summed E-state index contributed by atoms with van der Waals surface area (Å²) in [5, 5.41) is 3.44. The molecule has 3 amide bonds. The smallest absolute Gasteiger partial charge is 0.274 e. The topological polar surface area (TPSA) is 115 Å². The lowest BCUT2D eigenvalue weighted by Crippen LogP contribution is -2.50. The summed E-state index contributed by atoms with van der Waals surface area (Å²) in [6, 6.07) is 11.1. The van der Waals surface area contributed by atoms with Crippen LogP contribution in [0.1, 0.15) is 45.1 Å². The van der Waals surface area contributed by atoms with Gasteiger partial charge in [0.25, 0.3) is 17.7 Å². The Morgan fingerprint density at radius 2 is 1.25 bits per heavy atom. The second-order valence-electron chi connectivity index (χ2n) is 10.2. The SMILES string of the molecule is CC(C)Nc1cccnc1N1CCN(C(=O)c2ccc(C(=O)N3CCN(C(=O)c4cnccn4)CC3)cc2)CC1. The fourth-order valence-electron chi connectivity index (χ4n) is 5.00. The summed E-state index contributed by atoms with van der Waals surface area (Å²) < 4.78 is 0. The van der Waals surface area contributed by atoms with Crippen LogP contribution < -0.4 is 10.2 Å². The van der Waals surface area contributed by atoms with Gasteiger partial charge >= 0.3 is 0 Å². The standard InChI is InChI=1S/C29H34N8O3/c1-21(2)33-24-4-3-9-32-26(24)34-12-14-35(15-13-34)27(38)22-5-7-23(8-6-22)28(39)36-16-18-37(19-17-36)29(40)25-20-30-10-11-31-25/h3-11,20-21,33H,12-19H2,1-2H3. The van der Waals surface area contributed by atoms with Crippen molar-refractivity contribution < 1.29 is 14.4 Å². The van der Waals surface area contributed by atoms with Crippen molar-refractivity contribution in [1.82, 2.24) is 29.7 Å². The average Bonchev–Trinajstić information content (AvgIpc) is 3.01. The summed E-state index contributed by atoms with van der Waals surface area (Å²) in [5.41, 5.74) is 2.38. The molecular formula is C29H34N8O3. The van der Waals surface area contributed by atoms with E-state index in [0.29, 0.717) is 75.2 Å². The second kappa shape index (κ2) is 12.1. The van der Waals surface area contributed by atoms with Crippen molar-refractivity contribution in [3.63, 3.8) is 0 Å². The molecule has 2 aliphatic rings. The van der Waals surface area contributed by atoms with Crippen LogP contribution in [0.3, 0.4) is 0 Å². The van der Waals surface area contributed by atoms with Crippen molar-refractivity contribution in [3.8, 4) is 0 Å². The maximum absolute atomic E-state index is 13.2. The predicted octanol–water partition coefficient (Wildman–Crippen LogP) is 2.25. The molecule has 40 heavy (non-hydrogen) atoms. The fourth-order valence-corrected chi connectivity index (χ4v) is 5.00. The summed E-state index contributed by atoms with van der Waals surface area (Å²) in [5.74, 6) is 0.568. The zero-order valence-electron chi connectivity index (χ0n) is 22.9. The van der Waals surface area contributed by atoms with E-state index in [1.165, 1.54) is 18.6 Å². The molecule has 5 rings (SSSR count). The average molecular weight is 543 g/mol. The molecule has 0 bridgehead atoms. The van der Waals surface area contributed by atoms with Crippen LogP contribution in [0.4, 0.5) is 11.5 Å². The third kappa shape index (κ3) is 6.03. The van der Waals surface area contributed by atoms with Crippen LogP contribution in [0.25, 0.3) is 0 Å². The lowest BCUT2D eigenvalue weighted by Gasteiger charge is -2.36. The molecule has 3 aromatic rings. The number of benzene rings is 1. The van der Waals surface area contributed by atoms with E-state index < -0.39 is 0 Å². The van der Waals surface area contributed by atoms with Crippen molar-refractivity contribution in [3.05, 3.63) is 78.0 Å². The van der Waals surface area contributed by atoms with E-state index in [9.17, 15) is 14.4 Å². The highest BCUT2D eigenvalue weighted by atomic mass is 16.2. The predicted molar refractivity (Wildman–Crippen MR) is 151 cm³/mol. The van der Waals surface area contributed by atoms with Crippen molar-refractivity contribution in [2.75, 3.05) is 62.6 Å². The molecule has 4 heterocycles. The number of nitrogens with one attached hydrogen (secondary N) is 1. The largest absolute Gasteiger partial charge is 0.380 e. The Hall–Kier alpha value is -4.54. The number of nitrogens with zero attached hydrogens (tertiary/aromatic N) is 7. The molecule has 11 nitrogen and oxygen atoms in total. The van der Waals surface area contributed by atoms with E-state index >= 15 is 0 Å². The summed E-state index contributed by atoms with van der Waals surface area (Å²) in [6.07, 6.45) is 6.26. The van der Waals surface area contributed by atoms with E-state index in [4.69, 9.17) is 0 Å². The van der Waals surface area contributed by atoms with Crippen LogP contribution in [-0.4, -0.2) is 106 Å². The third-order valence-corrected chi connectivity index (χ3v) is 7.11. The van der Waals surface area contributed by atoms with E-state index in [2.05, 4.69) is 39.0 Å². The number of piperazine rings is 2. The molecule has 0 spiro atoms. The second-order valence-corrected chi connectivity index (χ2v) is 10.2. The van der Waals surface area contributed by atoms with E-state index in [1.54, 1.807) is 40.3 Å². The van der Waals surface area contributed by atoms with Crippen LogP contribution >= 0.6 is 0 Å². The van der Waals surface area contributed by atoms with Crippen LogP contribution in [-0.2, 0) is 0 Å². The maximum atomic E-state index is 13.2. The van der Waals surface area contributed by atoms with Crippen molar-refractivity contribution in [1.29, 1.82) is 0 Å². The van der Waals surface area contributed by atoms with Gasteiger partial charge in [0.1, 0.15) is 5.69 Å². The van der Waals surface area contributed by atoms with Crippen molar-refractivity contribution in [2.45, 2.75) is 19.9 Å². The number of anilines is 2. The minimum absolute atomic E-state index is 0.0451. The van der Waals surface area contributed by atoms with Gasteiger partial charge in [-0.25, -0.2) is 9.97 Å². The molecule has 1 N–H and O–H groups in total. The number of hydrogen-bond donors (Lipinski definition) is 1. The van der Waals surface area contributed by atoms with Crippen LogP contribution in [0.15, 0.2) is 61.2 Å². The Morgan fingerprint density at radius 3 is 1.77 bits per heavy atom. The summed E-state index contributed by atoms with van der Waals surface area (Å²) >= 11 is 0. The zero-order valence-corrected chi connectivity index (χ0v) is 22.9. The maximum Gasteiger partial charge on any atom is 0.274 e. The molecule has 0 atom stereocenters. The number of carbonyl (C=O) groups excluding carboxylic acids is 3. The van der Waals surface area contributed by atoms with E-state index in [-0.39, 0.29) is 17.7 Å². The lowest BCUT2D eigenvalue weighted by atomic mass is 10.1. The highest BCUT2D eigenvalue weighted by Gasteiger charge is 2.27. The fraction of sp³-hybridized carbons (Fsp3) is 0.379. The molecule has 0 aliphatic carbocycles. The van der Waals surface area contributed by atoms with Gasteiger partial charge in [0.2, 0.25) is 0 Å². The Bertz CT molecular complexity index is 1330. The molecule has 1 aromatic carbocycles. The number of aromatic nitrogens is 3. The number of hydrogen-bond acceptors (Lipinski definition) is 8. The molecule has 0 radical (unpaired) electrons. The van der Waals surface area contributed by atoms with Gasteiger partial charge < -0.3 is 24.9 Å². The molecule has 2 aliphatic heterocycles. The normalized spacial score (nSPS) is 15.8. The Morgan fingerprint density at radius 1 is 0.700 bits per heavy atom. The van der Waals surface area contributed by atoms with Gasteiger partial charge in [-0.2, -0.15) is 0 Å². The van der Waals surface area contributed by atoms with Gasteiger partial charge in [0, 0.05) is 88.1 Å². The number of rotatable bonds is 6. The molecular weight excluding hydrogens is 508 g/mol. The highest BCUT2D eigenvalue weighted by molar-refractivity contribution is 5.98. The minimum Gasteiger partial charge on any atom is -0.380 e. The molecule has 0 unspecified atom stereocenters. The first-order valence-corrected chi connectivity index (χ1v) is 13.6. The summed E-state index contributed by atoms with van der Waals surface area (Å²) in [4.78, 5) is 58.9. The van der Waals surface area contributed by atoms with Crippen LogP contribution in [0.2, 0.25) is 0 Å². The Balaban J connectivity index is 1.14. The Kier molecular flexibility index (Phi) is 8.18. The minimum atomic E-state index is -0.184. The van der Waals surface area contributed by atoms with Crippen LogP contribution in [0.5, 0.6) is 0 Å². The highest BCUT2D eigenvalue weighted by Crippen LogP contribution is 2.25. The van der Waals surface area contributed by atoms with Gasteiger partial charge in [-0.05, 0) is 50.2 Å². The summed E-state index contributed by atoms with van der Waals surface area (Å²) in [6.45, 7) is 8.48. The van der Waals surface area contributed by atoms with E-state index in [0.717, 1.165) is 11.5 Å². The quantitative estimate of drug-likeness (QED) is 0.505. The van der Waals surface area contributed by atoms with Crippen LogP contribution in [0, 0.1) is 0 Å². The monoisotopic (exact) mass is 542 g/mol. The first-order valence-electron chi connectivity index (χ1n) is 13.6. The number of pyridine rings is 1. The number of carbonyl (C=O) groups is 3. The molecule has 2 saturated heterocycles. The van der Waals surface area contributed by atoms with Gasteiger partial charge in [-0.1, -0.05) is 0 Å². The van der Waals surface area contributed by atoms with Gasteiger partial charge in [0.05, 0.1) is 11.9 Å². The third-order valence-electron chi connectivity index (χ3n) is 7.11. The van der Waals surface area contributed by atoms with Gasteiger partial charge in [-0.15, -0.1) is 0 Å². The first-order chi connectivity index (χ1) is 19.4. The lowest BCUT2D eigenvalue weighted by molar-refractivity contribution is 0.0532. The van der Waals surface area contributed by atoms with Gasteiger partial charge in [-0.3, -0.25) is 19.4 Å². The molecule has 2 fully saturated rings. The summed E-state index contributed by atoms with van der Waals surface area (Å²) in [7, 11) is 0. The zero-order chi connectivity index (χ0) is 28.1. The Labute approximate surface area is 233 Å². The van der Waals surface area contributed by atoms with Crippen molar-refractivity contribution in [2.24, 2.45) is 0 Å². The molecule has 0 saturated carbocycles. The molecule has 2 aromatic heterocycles. The molecule has 208 valence electrons. The van der Waals surface area contributed by atoms with Crippen molar-refractivity contribution >= 4 is 29.2 Å². The number of amides is 3. The first kappa shape index (κ1) is 27.0. The molecule has 11 heteroatoms.